The number of unbranched alkanes of at least 4 members (excludes halogenated alkanes) is 14. The summed E-state index contributed by atoms with van der Waals surface area (Å²) in [6.07, 6.45) is 21.4. The summed E-state index contributed by atoms with van der Waals surface area (Å²) in [5, 5.41) is 21.5. The molecule has 0 unspecified atom stereocenters. The minimum absolute atomic E-state index is 0. The Bertz CT molecular complexity index is 1810. The minimum Gasteiger partial charge on any atom is -0.872 e. The standard InChI is InChI=1S/2C22H30O5S.Ca/c2*1-2-3-4-5-6-7-8-9-10-18-11-12-19(23)17-22(18)27-20-13-15-21(16-14-20)28(24,25)26;/h2*11-17,23H,2-10H2,1H3,(H,24,25,26);/q;;+2/p-2. The number of hydrogen-bond acceptors (Lipinski definition) is 9. The molecule has 0 saturated heterocycles. The predicted octanol–water partition coefficient (Wildman–Crippen LogP) is 10.9. The van der Waals surface area contributed by atoms with Gasteiger partial charge in [-0.25, -0.2) is 8.42 Å². The number of ether oxygens (including phenoxy) is 2. The number of rotatable bonds is 24. The van der Waals surface area contributed by atoms with E-state index in [1.807, 2.05) is 6.07 Å². The van der Waals surface area contributed by atoms with Crippen LogP contribution in [0.3, 0.4) is 0 Å². The van der Waals surface area contributed by atoms with E-state index in [0.29, 0.717) is 23.0 Å². The van der Waals surface area contributed by atoms with Crippen LogP contribution in [0.15, 0.2) is 94.7 Å². The van der Waals surface area contributed by atoms with Crippen LogP contribution in [0, 0.1) is 0 Å². The van der Waals surface area contributed by atoms with E-state index in [4.69, 9.17) is 14.0 Å². The van der Waals surface area contributed by atoms with Crippen LogP contribution in [0.25, 0.3) is 0 Å². The molecule has 0 heterocycles. The van der Waals surface area contributed by atoms with Crippen molar-refractivity contribution in [2.45, 2.75) is 139 Å². The summed E-state index contributed by atoms with van der Waals surface area (Å²) in [6.45, 7) is 4.44. The third-order valence-electron chi connectivity index (χ3n) is 9.38. The molecule has 57 heavy (non-hydrogen) atoms. The number of aryl methyl sites for hydroxylation is 2. The van der Waals surface area contributed by atoms with Crippen molar-refractivity contribution < 1.29 is 45.6 Å². The predicted molar refractivity (Wildman–Crippen MR) is 223 cm³/mol. The summed E-state index contributed by atoms with van der Waals surface area (Å²) >= 11 is 0. The van der Waals surface area contributed by atoms with Crippen LogP contribution in [0.5, 0.6) is 34.5 Å². The summed E-state index contributed by atoms with van der Waals surface area (Å²) in [5.74, 6) is 1.83. The molecule has 4 aromatic carbocycles. The summed E-state index contributed by atoms with van der Waals surface area (Å²) in [7, 11) is -8.72. The van der Waals surface area contributed by atoms with Crippen molar-refractivity contribution in [3.63, 3.8) is 0 Å². The minimum atomic E-state index is -4.49. The SMILES string of the molecule is CCCCCCCCCCc1ccc(O)cc1Oc1ccc(S(=O)(=O)O)cc1.CCCCCCCCCCc1ccc([O-])cc1Oc1ccc(S(=O)(=O)[O-])cc1.[Ca+2]. The van der Waals surface area contributed by atoms with Gasteiger partial charge < -0.3 is 24.2 Å². The second kappa shape index (κ2) is 27.0. The first kappa shape index (κ1) is 50.3. The molecule has 0 atom stereocenters. The van der Waals surface area contributed by atoms with Gasteiger partial charge in [-0.1, -0.05) is 122 Å². The molecule has 0 saturated carbocycles. The molecule has 0 radical (unpaired) electrons. The Hall–Kier alpha value is -2.84. The van der Waals surface area contributed by atoms with Gasteiger partial charge in [0.25, 0.3) is 10.1 Å². The molecular weight excluding hydrogens is 793 g/mol. The van der Waals surface area contributed by atoms with E-state index in [2.05, 4.69) is 13.8 Å². The van der Waals surface area contributed by atoms with E-state index in [-0.39, 0.29) is 59.0 Å². The Balaban J connectivity index is 0.000000387. The Morgan fingerprint density at radius 2 is 0.912 bits per heavy atom. The van der Waals surface area contributed by atoms with E-state index < -0.39 is 20.2 Å². The third kappa shape index (κ3) is 20.1. The van der Waals surface area contributed by atoms with E-state index >= 15 is 0 Å². The van der Waals surface area contributed by atoms with E-state index in [9.17, 15) is 31.6 Å². The summed E-state index contributed by atoms with van der Waals surface area (Å²) in [4.78, 5) is -0.494. The van der Waals surface area contributed by atoms with Gasteiger partial charge in [0.05, 0.1) is 9.79 Å². The number of phenols is 1. The fourth-order valence-corrected chi connectivity index (χ4v) is 7.14. The molecule has 308 valence electrons. The molecule has 0 aliphatic heterocycles. The van der Waals surface area contributed by atoms with Crippen LogP contribution in [0.4, 0.5) is 0 Å². The van der Waals surface area contributed by atoms with Crippen LogP contribution >= 0.6 is 0 Å². The fraction of sp³-hybridized carbons (Fsp3) is 0.455. The van der Waals surface area contributed by atoms with Gasteiger partial charge in [0.1, 0.15) is 38.9 Å². The van der Waals surface area contributed by atoms with Crippen LogP contribution in [0.1, 0.15) is 128 Å². The van der Waals surface area contributed by atoms with Gasteiger partial charge >= 0.3 is 37.7 Å². The van der Waals surface area contributed by atoms with Crippen molar-refractivity contribution in [2.75, 3.05) is 0 Å². The van der Waals surface area contributed by atoms with Crippen molar-refractivity contribution in [1.29, 1.82) is 0 Å². The summed E-state index contributed by atoms with van der Waals surface area (Å²) in [5.41, 5.74) is 1.95. The molecule has 13 heteroatoms. The number of aromatic hydroxyl groups is 1. The molecule has 2 N–H and O–H groups in total. The van der Waals surface area contributed by atoms with Crippen molar-refractivity contribution >= 4 is 58.0 Å². The average Bonchev–Trinajstić information content (AvgIpc) is 3.15. The Kier molecular flexibility index (Phi) is 23.8. The van der Waals surface area contributed by atoms with Gasteiger partial charge in [0.2, 0.25) is 0 Å². The maximum atomic E-state index is 11.7. The number of phenolic OH excluding ortho intramolecular Hbond substituents is 1. The fourth-order valence-electron chi connectivity index (χ4n) is 6.19. The largest absolute Gasteiger partial charge is 2.00 e. The molecule has 0 fully saturated rings. The van der Waals surface area contributed by atoms with Crippen LogP contribution in [0.2, 0.25) is 0 Å². The molecule has 0 bridgehead atoms. The third-order valence-corrected chi connectivity index (χ3v) is 11.1. The first-order valence-corrected chi connectivity index (χ1v) is 22.8. The quantitative estimate of drug-likeness (QED) is 0.0392. The molecule has 4 aromatic rings. The Labute approximate surface area is 370 Å². The van der Waals surface area contributed by atoms with E-state index in [1.54, 1.807) is 18.2 Å². The van der Waals surface area contributed by atoms with Gasteiger partial charge in [-0.15, -0.1) is 5.75 Å². The monoisotopic (exact) mass is 850 g/mol. The average molecular weight is 851 g/mol. The van der Waals surface area contributed by atoms with Gasteiger partial charge in [-0.05, 0) is 97.5 Å². The topological polar surface area (TPSA) is 173 Å². The molecule has 0 aromatic heterocycles. The van der Waals surface area contributed by atoms with E-state index in [1.165, 1.54) is 138 Å². The Morgan fingerprint density at radius 3 is 1.33 bits per heavy atom. The van der Waals surface area contributed by atoms with Gasteiger partial charge in [-0.2, -0.15) is 8.42 Å². The second-order valence-corrected chi connectivity index (χ2v) is 16.9. The van der Waals surface area contributed by atoms with Gasteiger partial charge in [0.15, 0.2) is 0 Å². The van der Waals surface area contributed by atoms with Crippen molar-refractivity contribution in [3.8, 4) is 34.5 Å². The first-order chi connectivity index (χ1) is 26.8. The molecule has 0 aliphatic rings. The molecule has 0 spiro atoms. The summed E-state index contributed by atoms with van der Waals surface area (Å²) in [6, 6.07) is 20.6. The van der Waals surface area contributed by atoms with Crippen LogP contribution in [-0.2, 0) is 33.1 Å². The van der Waals surface area contributed by atoms with Gasteiger partial charge in [-0.3, -0.25) is 4.55 Å². The van der Waals surface area contributed by atoms with Crippen LogP contribution in [-0.4, -0.2) is 68.8 Å². The van der Waals surface area contributed by atoms with Crippen molar-refractivity contribution in [1.82, 2.24) is 0 Å². The molecule has 0 amide bonds. The second-order valence-electron chi connectivity index (χ2n) is 14.1. The normalized spacial score (nSPS) is 11.3. The maximum Gasteiger partial charge on any atom is 2.00 e. The zero-order valence-electron chi connectivity index (χ0n) is 33.5. The number of benzene rings is 4. The maximum absolute atomic E-state index is 11.7. The molecule has 0 aliphatic carbocycles. The van der Waals surface area contributed by atoms with E-state index in [0.717, 1.165) is 49.7 Å². The smallest absolute Gasteiger partial charge is 0.872 e. The first-order valence-electron chi connectivity index (χ1n) is 19.9. The Morgan fingerprint density at radius 1 is 0.526 bits per heavy atom. The molecular formula is C44H58CaO10S2. The molecule has 10 nitrogen and oxygen atoms in total. The zero-order chi connectivity index (χ0) is 40.8. The van der Waals surface area contributed by atoms with Crippen LogP contribution < -0.4 is 14.6 Å². The van der Waals surface area contributed by atoms with Gasteiger partial charge in [0, 0.05) is 6.07 Å². The zero-order valence-corrected chi connectivity index (χ0v) is 37.3. The van der Waals surface area contributed by atoms with Crippen molar-refractivity contribution in [2.24, 2.45) is 0 Å². The molecule has 4 rings (SSSR count). The summed E-state index contributed by atoms with van der Waals surface area (Å²) < 4.78 is 76.0. The number of hydrogen-bond donors (Lipinski definition) is 2. The van der Waals surface area contributed by atoms with Crippen molar-refractivity contribution in [3.05, 3.63) is 96.1 Å².